The molecule has 0 aromatic heterocycles. The van der Waals surface area contributed by atoms with Gasteiger partial charge in [-0.1, -0.05) is 0 Å². The Hall–Kier alpha value is -2.32. The number of nitrogens with zero attached hydrogens (tertiary/aromatic N) is 1. The predicted octanol–water partition coefficient (Wildman–Crippen LogP) is 3.97. The van der Waals surface area contributed by atoms with Gasteiger partial charge in [-0.05, 0) is 66.7 Å². The van der Waals surface area contributed by atoms with Gasteiger partial charge in [-0.25, -0.2) is 4.79 Å². The van der Waals surface area contributed by atoms with Crippen molar-refractivity contribution in [1.29, 1.82) is 0 Å². The molecule has 8 nitrogen and oxygen atoms in total. The van der Waals surface area contributed by atoms with E-state index in [4.69, 9.17) is 18.9 Å². The van der Waals surface area contributed by atoms with E-state index in [1.807, 2.05) is 66.7 Å². The number of alkyl carbamates (subject to hydrolysis) is 1. The first-order valence-electron chi connectivity index (χ1n) is 9.81. The zero-order valence-corrected chi connectivity index (χ0v) is 18.2. The van der Waals surface area contributed by atoms with Crippen molar-refractivity contribution in [3.8, 4) is 5.75 Å². The molecule has 1 amide bonds. The molecule has 2 aliphatic heterocycles. The summed E-state index contributed by atoms with van der Waals surface area (Å²) in [5.41, 5.74) is 1.45. The molecule has 0 saturated carbocycles. The van der Waals surface area contributed by atoms with Gasteiger partial charge >= 0.3 is 6.09 Å². The summed E-state index contributed by atoms with van der Waals surface area (Å²) in [5, 5.41) is 6.10. The first-order valence-corrected chi connectivity index (χ1v) is 9.81. The molecule has 1 fully saturated rings. The van der Waals surface area contributed by atoms with Crippen LogP contribution in [0.25, 0.3) is 0 Å². The number of amides is 1. The van der Waals surface area contributed by atoms with Crippen LogP contribution in [0, 0.1) is 0 Å². The molecule has 3 unspecified atom stereocenters. The summed E-state index contributed by atoms with van der Waals surface area (Å²) < 4.78 is 22.5. The molecule has 3 atom stereocenters. The molecule has 1 aromatic rings. The van der Waals surface area contributed by atoms with E-state index in [2.05, 4.69) is 15.6 Å². The van der Waals surface area contributed by atoms with Crippen LogP contribution >= 0.6 is 0 Å². The fourth-order valence-electron chi connectivity index (χ4n) is 2.78. The van der Waals surface area contributed by atoms with E-state index >= 15 is 0 Å². The molecule has 2 heterocycles. The van der Waals surface area contributed by atoms with Gasteiger partial charge in [0.25, 0.3) is 0 Å². The molecule has 160 valence electrons. The quantitative estimate of drug-likeness (QED) is 0.736. The summed E-state index contributed by atoms with van der Waals surface area (Å²) in [6.45, 7) is 13.6. The Morgan fingerprint density at radius 1 is 1.17 bits per heavy atom. The van der Waals surface area contributed by atoms with Gasteiger partial charge in [0.15, 0.2) is 6.23 Å². The molecule has 1 aromatic carbocycles. The lowest BCUT2D eigenvalue weighted by Crippen LogP contribution is -2.45. The molecular weight excluding hydrogens is 374 g/mol. The second kappa shape index (κ2) is 7.84. The Labute approximate surface area is 172 Å². The van der Waals surface area contributed by atoms with Crippen molar-refractivity contribution in [3.05, 3.63) is 18.2 Å². The van der Waals surface area contributed by atoms with Crippen LogP contribution in [0.4, 0.5) is 16.2 Å². The van der Waals surface area contributed by atoms with Crippen LogP contribution in [-0.4, -0.2) is 48.2 Å². The Bertz CT molecular complexity index is 794. The SMILES string of the molecule is CC1=Nc2cc(NC3OC3OC(C)(C)C)ccc2OCC1NC(=O)OC(C)(C)C. The molecule has 2 aliphatic rings. The molecule has 0 spiro atoms. The first-order chi connectivity index (χ1) is 13.4. The number of anilines is 1. The van der Waals surface area contributed by atoms with E-state index in [0.29, 0.717) is 11.4 Å². The number of aliphatic imine (C=N–C) groups is 1. The number of carbonyl (C=O) groups excluding carboxylic acids is 1. The zero-order valence-electron chi connectivity index (χ0n) is 18.2. The Kier molecular flexibility index (Phi) is 5.78. The molecule has 3 rings (SSSR count). The van der Waals surface area contributed by atoms with Gasteiger partial charge in [0, 0.05) is 11.4 Å². The third kappa shape index (κ3) is 6.33. The number of nitrogens with one attached hydrogen (secondary N) is 2. The van der Waals surface area contributed by atoms with Crippen LogP contribution in [0.5, 0.6) is 5.75 Å². The fraction of sp³-hybridized carbons (Fsp3) is 0.619. The highest BCUT2D eigenvalue weighted by Crippen LogP contribution is 2.35. The van der Waals surface area contributed by atoms with Gasteiger partial charge < -0.3 is 29.6 Å². The Morgan fingerprint density at radius 3 is 2.55 bits per heavy atom. The predicted molar refractivity (Wildman–Crippen MR) is 111 cm³/mol. The number of fused-ring (bicyclic) bond motifs is 1. The molecule has 29 heavy (non-hydrogen) atoms. The monoisotopic (exact) mass is 405 g/mol. The minimum atomic E-state index is -0.566. The normalized spacial score (nSPS) is 23.8. The number of benzene rings is 1. The maximum Gasteiger partial charge on any atom is 0.408 e. The number of carbonyl (C=O) groups is 1. The highest BCUT2D eigenvalue weighted by atomic mass is 16.8. The summed E-state index contributed by atoms with van der Waals surface area (Å²) >= 11 is 0. The van der Waals surface area contributed by atoms with Crippen LogP contribution in [0.3, 0.4) is 0 Å². The molecular formula is C21H31N3O5. The maximum atomic E-state index is 12.1. The maximum absolute atomic E-state index is 12.1. The van der Waals surface area contributed by atoms with Gasteiger partial charge in [-0.2, -0.15) is 0 Å². The van der Waals surface area contributed by atoms with Crippen molar-refractivity contribution in [2.24, 2.45) is 4.99 Å². The van der Waals surface area contributed by atoms with E-state index in [-0.39, 0.29) is 30.8 Å². The van der Waals surface area contributed by atoms with E-state index in [9.17, 15) is 4.79 Å². The largest absolute Gasteiger partial charge is 0.489 e. The standard InChI is InChI=1S/C21H31N3O5/c1-12-15(24-19(25)29-21(5,6)7)11-26-16-9-8-13(10-14(16)22-12)23-17-18(27-17)28-20(2,3)4/h8-10,15,17-18,23H,11H2,1-7H3,(H,24,25). The van der Waals surface area contributed by atoms with Crippen molar-refractivity contribution < 1.29 is 23.7 Å². The van der Waals surface area contributed by atoms with Crippen LogP contribution < -0.4 is 15.4 Å². The van der Waals surface area contributed by atoms with Crippen molar-refractivity contribution in [2.75, 3.05) is 11.9 Å². The lowest BCUT2D eigenvalue weighted by molar-refractivity contribution is -0.0569. The second-order valence-electron chi connectivity index (χ2n) is 9.25. The van der Waals surface area contributed by atoms with Gasteiger partial charge in [-0.3, -0.25) is 4.99 Å². The topological polar surface area (TPSA) is 93.7 Å². The van der Waals surface area contributed by atoms with E-state index in [1.54, 1.807) is 0 Å². The van der Waals surface area contributed by atoms with Crippen molar-refractivity contribution in [1.82, 2.24) is 5.32 Å². The van der Waals surface area contributed by atoms with Crippen molar-refractivity contribution in [2.45, 2.75) is 78.2 Å². The number of hydrogen-bond donors (Lipinski definition) is 2. The molecule has 2 N–H and O–H groups in total. The number of ether oxygens (including phenoxy) is 4. The van der Waals surface area contributed by atoms with Crippen LogP contribution in [-0.2, 0) is 14.2 Å². The molecule has 8 heteroatoms. The third-order valence-corrected chi connectivity index (χ3v) is 4.09. The van der Waals surface area contributed by atoms with Gasteiger partial charge in [-0.15, -0.1) is 0 Å². The van der Waals surface area contributed by atoms with Crippen LogP contribution in [0.1, 0.15) is 48.5 Å². The van der Waals surface area contributed by atoms with Crippen molar-refractivity contribution >= 4 is 23.2 Å². The summed E-state index contributed by atoms with van der Waals surface area (Å²) in [6, 6.07) is 5.28. The van der Waals surface area contributed by atoms with Crippen molar-refractivity contribution in [3.63, 3.8) is 0 Å². The summed E-state index contributed by atoms with van der Waals surface area (Å²) in [4.78, 5) is 16.7. The highest BCUT2D eigenvalue weighted by Gasteiger charge is 2.43. The summed E-state index contributed by atoms with van der Waals surface area (Å²) in [5.74, 6) is 0.655. The number of hydrogen-bond acceptors (Lipinski definition) is 7. The minimum Gasteiger partial charge on any atom is -0.489 e. The van der Waals surface area contributed by atoms with E-state index in [0.717, 1.165) is 11.4 Å². The zero-order chi connectivity index (χ0) is 21.4. The molecule has 0 radical (unpaired) electrons. The highest BCUT2D eigenvalue weighted by molar-refractivity contribution is 5.93. The Morgan fingerprint density at radius 2 is 1.90 bits per heavy atom. The molecule has 0 bridgehead atoms. The average Bonchev–Trinajstić information content (AvgIpc) is 3.27. The summed E-state index contributed by atoms with van der Waals surface area (Å²) in [7, 11) is 0. The number of rotatable bonds is 4. The summed E-state index contributed by atoms with van der Waals surface area (Å²) in [6.07, 6.45) is -0.951. The van der Waals surface area contributed by atoms with Gasteiger partial charge in [0.2, 0.25) is 6.29 Å². The fourth-order valence-corrected chi connectivity index (χ4v) is 2.78. The minimum absolute atomic E-state index is 0.189. The molecule has 1 saturated heterocycles. The number of epoxide rings is 1. The van der Waals surface area contributed by atoms with Gasteiger partial charge in [0.1, 0.15) is 29.7 Å². The Balaban J connectivity index is 1.64. The smallest absolute Gasteiger partial charge is 0.408 e. The second-order valence-corrected chi connectivity index (χ2v) is 9.25. The van der Waals surface area contributed by atoms with E-state index < -0.39 is 11.7 Å². The average molecular weight is 405 g/mol. The van der Waals surface area contributed by atoms with Gasteiger partial charge in [0.05, 0.1) is 5.60 Å². The van der Waals surface area contributed by atoms with Crippen LogP contribution in [0.15, 0.2) is 23.2 Å². The van der Waals surface area contributed by atoms with Crippen LogP contribution in [0.2, 0.25) is 0 Å². The third-order valence-electron chi connectivity index (χ3n) is 4.09. The molecule has 0 aliphatic carbocycles. The van der Waals surface area contributed by atoms with E-state index in [1.165, 1.54) is 0 Å². The lowest BCUT2D eigenvalue weighted by Gasteiger charge is -2.22. The lowest BCUT2D eigenvalue weighted by atomic mass is 10.2. The first kappa shape index (κ1) is 21.4.